The van der Waals surface area contributed by atoms with Crippen molar-refractivity contribution in [1.29, 1.82) is 0 Å². The van der Waals surface area contributed by atoms with Crippen LogP contribution in [0.15, 0.2) is 53.8 Å². The van der Waals surface area contributed by atoms with Crippen molar-refractivity contribution in [3.05, 3.63) is 71.4 Å². The molecule has 1 aromatic heterocycles. The largest absolute Gasteiger partial charge is 0.417 e. The number of halogens is 4. The maximum atomic E-state index is 12.9. The number of aliphatic imine (C=N–C) groups is 1. The topological polar surface area (TPSA) is 37.3 Å². The van der Waals surface area contributed by atoms with Crippen LogP contribution in [0, 0.1) is 12.7 Å². The standard InChI is InChI=1S/C18H17F4N3/c1-11(8-14-4-6-16(19)7-5-14)24-13(3)25-17-9-15(18(20,21)22)10-23-12(17)2/h4-7,9-10H,1,8H2,2-3H3,(H,24,25). The van der Waals surface area contributed by atoms with Gasteiger partial charge < -0.3 is 5.32 Å². The number of rotatable bonds is 4. The molecule has 0 saturated heterocycles. The molecule has 0 aliphatic heterocycles. The van der Waals surface area contributed by atoms with Crippen LogP contribution in [0.1, 0.15) is 23.7 Å². The smallest absolute Gasteiger partial charge is 0.348 e. The first-order valence-electron chi connectivity index (χ1n) is 7.43. The summed E-state index contributed by atoms with van der Waals surface area (Å²) in [7, 11) is 0. The predicted octanol–water partition coefficient (Wildman–Crippen LogP) is 4.94. The van der Waals surface area contributed by atoms with Crippen molar-refractivity contribution < 1.29 is 17.6 Å². The molecule has 0 radical (unpaired) electrons. The van der Waals surface area contributed by atoms with E-state index in [1.54, 1.807) is 26.0 Å². The number of pyridine rings is 1. The van der Waals surface area contributed by atoms with Gasteiger partial charge in [-0.25, -0.2) is 9.38 Å². The van der Waals surface area contributed by atoms with Crippen molar-refractivity contribution in [1.82, 2.24) is 10.3 Å². The van der Waals surface area contributed by atoms with E-state index in [2.05, 4.69) is 21.9 Å². The SMILES string of the molecule is C=C(Cc1ccc(F)cc1)N/C(C)=N/c1cc(C(F)(F)F)cnc1C. The number of alkyl halides is 3. The van der Waals surface area contributed by atoms with Crippen LogP contribution in [0.2, 0.25) is 0 Å². The molecule has 0 amide bonds. The number of benzene rings is 1. The number of hydrogen-bond donors (Lipinski definition) is 1. The molecule has 0 unspecified atom stereocenters. The Kier molecular flexibility index (Phi) is 5.56. The minimum absolute atomic E-state index is 0.134. The Morgan fingerprint density at radius 3 is 2.48 bits per heavy atom. The number of aromatic nitrogens is 1. The fourth-order valence-electron chi connectivity index (χ4n) is 2.15. The Hall–Kier alpha value is -2.70. The summed E-state index contributed by atoms with van der Waals surface area (Å²) in [5.41, 5.74) is 1.11. The van der Waals surface area contributed by atoms with Crippen LogP contribution in [-0.2, 0) is 12.6 Å². The summed E-state index contributed by atoms with van der Waals surface area (Å²) in [6, 6.07) is 6.92. The maximum absolute atomic E-state index is 12.9. The number of nitrogens with zero attached hydrogens (tertiary/aromatic N) is 2. The van der Waals surface area contributed by atoms with Crippen molar-refractivity contribution >= 4 is 11.5 Å². The first-order chi connectivity index (χ1) is 11.6. The first kappa shape index (κ1) is 18.6. The number of aryl methyl sites for hydroxylation is 1. The zero-order chi connectivity index (χ0) is 18.6. The third-order valence-corrected chi connectivity index (χ3v) is 3.36. The molecule has 0 aliphatic rings. The molecule has 0 aliphatic carbocycles. The summed E-state index contributed by atoms with van der Waals surface area (Å²) >= 11 is 0. The molecule has 1 aromatic carbocycles. The summed E-state index contributed by atoms with van der Waals surface area (Å²) in [6.45, 7) is 7.06. The minimum Gasteiger partial charge on any atom is -0.348 e. The van der Waals surface area contributed by atoms with Gasteiger partial charge in [0.1, 0.15) is 11.7 Å². The van der Waals surface area contributed by atoms with Gasteiger partial charge in [-0.2, -0.15) is 13.2 Å². The molecule has 1 N–H and O–H groups in total. The fraction of sp³-hybridized carbons (Fsp3) is 0.222. The van der Waals surface area contributed by atoms with Gasteiger partial charge in [0.05, 0.1) is 16.9 Å². The Morgan fingerprint density at radius 1 is 1.24 bits per heavy atom. The average molecular weight is 351 g/mol. The van der Waals surface area contributed by atoms with Crippen molar-refractivity contribution in [2.75, 3.05) is 0 Å². The van der Waals surface area contributed by atoms with Crippen molar-refractivity contribution in [2.24, 2.45) is 4.99 Å². The number of amidine groups is 1. The quantitative estimate of drug-likeness (QED) is 0.481. The second kappa shape index (κ2) is 7.46. The average Bonchev–Trinajstić information content (AvgIpc) is 2.50. The Labute approximate surface area is 143 Å². The highest BCUT2D eigenvalue weighted by atomic mass is 19.4. The lowest BCUT2D eigenvalue weighted by Gasteiger charge is -2.11. The van der Waals surface area contributed by atoms with Gasteiger partial charge in [-0.05, 0) is 37.6 Å². The molecule has 2 rings (SSSR count). The zero-order valence-electron chi connectivity index (χ0n) is 13.8. The first-order valence-corrected chi connectivity index (χ1v) is 7.43. The molecule has 0 saturated carbocycles. The second-order valence-corrected chi connectivity index (χ2v) is 5.56. The van der Waals surface area contributed by atoms with Crippen LogP contribution in [-0.4, -0.2) is 10.8 Å². The molecule has 0 atom stereocenters. The molecule has 25 heavy (non-hydrogen) atoms. The number of allylic oxidation sites excluding steroid dienone is 1. The summed E-state index contributed by atoms with van der Waals surface area (Å²) in [6.07, 6.45) is -3.25. The van der Waals surface area contributed by atoms with Crippen molar-refractivity contribution in [3.8, 4) is 0 Å². The van der Waals surface area contributed by atoms with Crippen LogP contribution in [0.3, 0.4) is 0 Å². The third kappa shape index (κ3) is 5.41. The monoisotopic (exact) mass is 351 g/mol. The number of hydrogen-bond acceptors (Lipinski definition) is 2. The molecular weight excluding hydrogens is 334 g/mol. The van der Waals surface area contributed by atoms with Gasteiger partial charge >= 0.3 is 6.18 Å². The van der Waals surface area contributed by atoms with E-state index in [4.69, 9.17) is 0 Å². The van der Waals surface area contributed by atoms with E-state index in [-0.39, 0.29) is 11.5 Å². The Morgan fingerprint density at radius 2 is 1.88 bits per heavy atom. The van der Waals surface area contributed by atoms with Gasteiger partial charge in [-0.15, -0.1) is 0 Å². The van der Waals surface area contributed by atoms with Gasteiger partial charge in [0.25, 0.3) is 0 Å². The van der Waals surface area contributed by atoms with Gasteiger partial charge in [0.15, 0.2) is 0 Å². The van der Waals surface area contributed by atoms with Crippen molar-refractivity contribution in [2.45, 2.75) is 26.4 Å². The molecule has 0 fully saturated rings. The summed E-state index contributed by atoms with van der Waals surface area (Å²) in [5, 5.41) is 2.93. The molecule has 0 bridgehead atoms. The molecule has 0 spiro atoms. The normalized spacial score (nSPS) is 12.2. The molecular formula is C18H17F4N3. The predicted molar refractivity (Wildman–Crippen MR) is 89.1 cm³/mol. The second-order valence-electron chi connectivity index (χ2n) is 5.56. The van der Waals surface area contributed by atoms with E-state index < -0.39 is 11.7 Å². The molecule has 7 heteroatoms. The van der Waals surface area contributed by atoms with E-state index in [1.165, 1.54) is 12.1 Å². The maximum Gasteiger partial charge on any atom is 0.417 e. The van der Waals surface area contributed by atoms with E-state index in [1.807, 2.05) is 0 Å². The van der Waals surface area contributed by atoms with E-state index in [9.17, 15) is 17.6 Å². The van der Waals surface area contributed by atoms with Gasteiger partial charge in [-0.3, -0.25) is 4.98 Å². The van der Waals surface area contributed by atoms with Crippen LogP contribution in [0.5, 0.6) is 0 Å². The highest BCUT2D eigenvalue weighted by Crippen LogP contribution is 2.31. The molecule has 3 nitrogen and oxygen atoms in total. The fourth-order valence-corrected chi connectivity index (χ4v) is 2.15. The minimum atomic E-state index is -4.47. The van der Waals surface area contributed by atoms with E-state index >= 15 is 0 Å². The summed E-state index contributed by atoms with van der Waals surface area (Å²) in [5.74, 6) is 0.0592. The third-order valence-electron chi connectivity index (χ3n) is 3.36. The summed E-state index contributed by atoms with van der Waals surface area (Å²) in [4.78, 5) is 7.89. The van der Waals surface area contributed by atoms with Crippen LogP contribution < -0.4 is 5.32 Å². The lowest BCUT2D eigenvalue weighted by atomic mass is 10.1. The lowest BCUT2D eigenvalue weighted by Crippen LogP contribution is -2.20. The van der Waals surface area contributed by atoms with Crippen LogP contribution >= 0.6 is 0 Å². The molecule has 2 aromatic rings. The van der Waals surface area contributed by atoms with E-state index in [0.29, 0.717) is 23.6 Å². The lowest BCUT2D eigenvalue weighted by molar-refractivity contribution is -0.137. The highest BCUT2D eigenvalue weighted by molar-refractivity contribution is 5.84. The van der Waals surface area contributed by atoms with E-state index in [0.717, 1.165) is 17.8 Å². The molecule has 1 heterocycles. The summed E-state index contributed by atoms with van der Waals surface area (Å²) < 4.78 is 51.2. The Balaban J connectivity index is 2.10. The van der Waals surface area contributed by atoms with Gasteiger partial charge in [0, 0.05) is 18.3 Å². The Bertz CT molecular complexity index is 793. The van der Waals surface area contributed by atoms with Crippen LogP contribution in [0.25, 0.3) is 0 Å². The van der Waals surface area contributed by atoms with Crippen LogP contribution in [0.4, 0.5) is 23.2 Å². The highest BCUT2D eigenvalue weighted by Gasteiger charge is 2.31. The van der Waals surface area contributed by atoms with Gasteiger partial charge in [-0.1, -0.05) is 18.7 Å². The zero-order valence-corrected chi connectivity index (χ0v) is 13.8. The molecule has 132 valence electrons. The van der Waals surface area contributed by atoms with Crippen molar-refractivity contribution in [3.63, 3.8) is 0 Å². The van der Waals surface area contributed by atoms with Gasteiger partial charge in [0.2, 0.25) is 0 Å². The number of nitrogens with one attached hydrogen (secondary N) is 1.